The monoisotopic (exact) mass is 492 g/mol. The van der Waals surface area contributed by atoms with Crippen molar-refractivity contribution in [3.05, 3.63) is 89.0 Å². The lowest BCUT2D eigenvalue weighted by molar-refractivity contribution is -0.120. The summed E-state index contributed by atoms with van der Waals surface area (Å²) in [5.41, 5.74) is 4.36. The predicted octanol–water partition coefficient (Wildman–Crippen LogP) is 5.23. The number of ether oxygens (including phenoxy) is 1. The Morgan fingerprint density at radius 2 is 1.54 bits per heavy atom. The third-order valence-corrected chi connectivity index (χ3v) is 8.60. The fourth-order valence-corrected chi connectivity index (χ4v) is 6.56. The van der Waals surface area contributed by atoms with Crippen LogP contribution in [0.4, 0.5) is 5.69 Å². The van der Waals surface area contributed by atoms with Crippen LogP contribution in [0.3, 0.4) is 0 Å². The molecule has 1 fully saturated rings. The number of sulfonamides is 1. The number of nitrogens with one attached hydrogen (secondary N) is 1. The molecule has 1 amide bonds. The van der Waals surface area contributed by atoms with Crippen LogP contribution in [-0.2, 0) is 21.4 Å². The Bertz CT molecular complexity index is 1260. The van der Waals surface area contributed by atoms with Gasteiger partial charge in [0.15, 0.2) is 0 Å². The maximum atomic E-state index is 13.3. The Kier molecular flexibility index (Phi) is 7.57. The van der Waals surface area contributed by atoms with E-state index in [4.69, 9.17) is 4.74 Å². The first-order valence-electron chi connectivity index (χ1n) is 11.9. The molecule has 0 radical (unpaired) electrons. The van der Waals surface area contributed by atoms with E-state index in [1.165, 1.54) is 4.31 Å². The quantitative estimate of drug-likeness (QED) is 0.490. The maximum Gasteiger partial charge on any atom is 0.243 e. The highest BCUT2D eigenvalue weighted by atomic mass is 32.2. The van der Waals surface area contributed by atoms with Crippen molar-refractivity contribution in [2.24, 2.45) is 5.92 Å². The predicted molar refractivity (Wildman–Crippen MR) is 138 cm³/mol. The van der Waals surface area contributed by atoms with Gasteiger partial charge in [-0.05, 0) is 74.6 Å². The summed E-state index contributed by atoms with van der Waals surface area (Å²) in [6.07, 6.45) is 0.987. The van der Waals surface area contributed by atoms with E-state index in [2.05, 4.69) is 5.32 Å². The first-order chi connectivity index (χ1) is 16.7. The molecule has 4 rings (SSSR count). The van der Waals surface area contributed by atoms with Crippen LogP contribution in [0, 0.1) is 26.7 Å². The highest BCUT2D eigenvalue weighted by Gasteiger charge is 2.33. The van der Waals surface area contributed by atoms with Crippen LogP contribution in [0.1, 0.15) is 35.1 Å². The van der Waals surface area contributed by atoms with E-state index in [0.717, 1.165) is 28.0 Å². The number of anilines is 1. The Hall–Kier alpha value is -3.16. The van der Waals surface area contributed by atoms with Gasteiger partial charge in [-0.3, -0.25) is 4.79 Å². The van der Waals surface area contributed by atoms with Gasteiger partial charge >= 0.3 is 0 Å². The van der Waals surface area contributed by atoms with Gasteiger partial charge in [0.05, 0.1) is 4.90 Å². The molecule has 6 nitrogen and oxygen atoms in total. The number of aryl methyl sites for hydroxylation is 3. The van der Waals surface area contributed by atoms with Crippen molar-refractivity contribution < 1.29 is 17.9 Å². The van der Waals surface area contributed by atoms with E-state index in [1.54, 1.807) is 0 Å². The zero-order valence-corrected chi connectivity index (χ0v) is 21.3. The average molecular weight is 493 g/mol. The van der Waals surface area contributed by atoms with Crippen molar-refractivity contribution in [1.29, 1.82) is 0 Å². The van der Waals surface area contributed by atoms with E-state index in [-0.39, 0.29) is 11.8 Å². The Labute approximate surface area is 208 Å². The van der Waals surface area contributed by atoms with Crippen LogP contribution in [0.5, 0.6) is 5.75 Å². The second-order valence-electron chi connectivity index (χ2n) is 9.19. The molecule has 0 unspecified atom stereocenters. The Morgan fingerprint density at radius 1 is 0.943 bits per heavy atom. The molecular weight excluding hydrogens is 460 g/mol. The third kappa shape index (κ3) is 5.92. The largest absolute Gasteiger partial charge is 0.489 e. The summed E-state index contributed by atoms with van der Waals surface area (Å²) >= 11 is 0. The fraction of sp³-hybridized carbons (Fsp3) is 0.321. The lowest BCUT2D eigenvalue weighted by Crippen LogP contribution is -2.41. The van der Waals surface area contributed by atoms with Gasteiger partial charge in [0.2, 0.25) is 15.9 Å². The van der Waals surface area contributed by atoms with Crippen LogP contribution < -0.4 is 10.1 Å². The molecule has 0 atom stereocenters. The SMILES string of the molecule is Cc1cc(C)c(S(=O)(=O)N2CCC(C(=O)Nc3ccc(OCc4ccccc4)cc3)CC2)c(C)c1. The van der Waals surface area contributed by atoms with Crippen LogP contribution in [0.15, 0.2) is 71.6 Å². The number of carbonyl (C=O) groups excluding carboxylic acids is 1. The molecule has 0 aromatic heterocycles. The number of rotatable bonds is 7. The second kappa shape index (κ2) is 10.6. The normalized spacial score (nSPS) is 15.1. The molecule has 0 aliphatic carbocycles. The van der Waals surface area contributed by atoms with Crippen molar-refractivity contribution in [3.63, 3.8) is 0 Å². The van der Waals surface area contributed by atoms with E-state index >= 15 is 0 Å². The van der Waals surface area contributed by atoms with Crippen LogP contribution >= 0.6 is 0 Å². The first-order valence-corrected chi connectivity index (χ1v) is 13.3. The lowest BCUT2D eigenvalue weighted by Gasteiger charge is -2.31. The minimum atomic E-state index is -3.59. The first kappa shape index (κ1) is 24.9. The van der Waals surface area contributed by atoms with Gasteiger partial charge in [-0.25, -0.2) is 8.42 Å². The molecule has 0 spiro atoms. The molecule has 1 aliphatic rings. The standard InChI is InChI=1S/C28H32N2O4S/c1-20-17-21(2)27(22(3)18-20)35(32,33)30-15-13-24(14-16-30)28(31)29-25-9-11-26(12-10-25)34-19-23-7-5-4-6-8-23/h4-12,17-18,24H,13-16,19H2,1-3H3,(H,29,31). The summed E-state index contributed by atoms with van der Waals surface area (Å²) in [5, 5.41) is 2.96. The molecule has 184 valence electrons. The van der Waals surface area contributed by atoms with Crippen molar-refractivity contribution in [2.75, 3.05) is 18.4 Å². The number of nitrogens with zero attached hydrogens (tertiary/aromatic N) is 1. The topological polar surface area (TPSA) is 75.7 Å². The molecule has 3 aromatic rings. The lowest BCUT2D eigenvalue weighted by atomic mass is 9.97. The fourth-order valence-electron chi connectivity index (χ4n) is 4.68. The van der Waals surface area contributed by atoms with Crippen LogP contribution in [0.2, 0.25) is 0 Å². The molecular formula is C28H32N2O4S. The number of amides is 1. The molecule has 1 aliphatic heterocycles. The number of hydrogen-bond acceptors (Lipinski definition) is 4. The summed E-state index contributed by atoms with van der Waals surface area (Å²) in [5.74, 6) is 0.422. The Balaban J connectivity index is 1.31. The zero-order chi connectivity index (χ0) is 25.0. The van der Waals surface area contributed by atoms with Gasteiger partial charge < -0.3 is 10.1 Å². The molecule has 1 heterocycles. The zero-order valence-electron chi connectivity index (χ0n) is 20.5. The van der Waals surface area contributed by atoms with Crippen molar-refractivity contribution >= 4 is 21.6 Å². The number of benzene rings is 3. The molecule has 3 aromatic carbocycles. The van der Waals surface area contributed by atoms with Crippen LogP contribution in [0.25, 0.3) is 0 Å². The highest BCUT2D eigenvalue weighted by Crippen LogP contribution is 2.29. The van der Waals surface area contributed by atoms with Crippen molar-refractivity contribution in [3.8, 4) is 5.75 Å². The van der Waals surface area contributed by atoms with E-state index in [1.807, 2.05) is 87.5 Å². The van der Waals surface area contributed by atoms with E-state index < -0.39 is 10.0 Å². The average Bonchev–Trinajstić information content (AvgIpc) is 2.83. The summed E-state index contributed by atoms with van der Waals surface area (Å²) in [6, 6.07) is 21.0. The molecule has 7 heteroatoms. The summed E-state index contributed by atoms with van der Waals surface area (Å²) in [4.78, 5) is 13.2. The molecule has 0 bridgehead atoms. The van der Waals surface area contributed by atoms with E-state index in [0.29, 0.717) is 43.1 Å². The van der Waals surface area contributed by atoms with Crippen LogP contribution in [-0.4, -0.2) is 31.7 Å². The number of piperidine rings is 1. The molecule has 0 saturated carbocycles. The highest BCUT2D eigenvalue weighted by molar-refractivity contribution is 7.89. The van der Waals surface area contributed by atoms with Gasteiger partial charge in [-0.15, -0.1) is 0 Å². The Morgan fingerprint density at radius 3 is 2.14 bits per heavy atom. The number of carbonyl (C=O) groups is 1. The molecule has 1 saturated heterocycles. The van der Waals surface area contributed by atoms with Gasteiger partial charge in [-0.1, -0.05) is 48.0 Å². The third-order valence-electron chi connectivity index (χ3n) is 6.40. The van der Waals surface area contributed by atoms with Crippen molar-refractivity contribution in [1.82, 2.24) is 4.31 Å². The molecule has 35 heavy (non-hydrogen) atoms. The van der Waals surface area contributed by atoms with Gasteiger partial charge in [0.1, 0.15) is 12.4 Å². The second-order valence-corrected chi connectivity index (χ2v) is 11.1. The minimum Gasteiger partial charge on any atom is -0.489 e. The minimum absolute atomic E-state index is 0.0808. The smallest absolute Gasteiger partial charge is 0.243 e. The van der Waals surface area contributed by atoms with Gasteiger partial charge in [0.25, 0.3) is 0 Å². The summed E-state index contributed by atoms with van der Waals surface area (Å²) in [7, 11) is -3.59. The maximum absolute atomic E-state index is 13.3. The summed E-state index contributed by atoms with van der Waals surface area (Å²) in [6.45, 7) is 6.79. The van der Waals surface area contributed by atoms with Gasteiger partial charge in [-0.2, -0.15) is 4.31 Å². The number of hydrogen-bond donors (Lipinski definition) is 1. The van der Waals surface area contributed by atoms with E-state index in [9.17, 15) is 13.2 Å². The summed E-state index contributed by atoms with van der Waals surface area (Å²) < 4.78 is 33.9. The van der Waals surface area contributed by atoms with Crippen molar-refractivity contribution in [2.45, 2.75) is 45.1 Å². The van der Waals surface area contributed by atoms with Gasteiger partial charge in [0, 0.05) is 24.7 Å². The molecule has 1 N–H and O–H groups in total.